The van der Waals surface area contributed by atoms with Gasteiger partial charge in [0.1, 0.15) is 30.0 Å². The number of carbonyl (C=O) groups is 3. The topological polar surface area (TPSA) is 92.3 Å². The van der Waals surface area contributed by atoms with E-state index in [9.17, 15) is 14.4 Å². The Morgan fingerprint density at radius 1 is 0.948 bits per heavy atom. The summed E-state index contributed by atoms with van der Waals surface area (Å²) in [6.07, 6.45) is 15.3. The standard InChI is InChI=1S/C49H58N4O5/c1-9-36(37-13-15-42(33(5)22-37)45-28-50-19-18-32(45)4)12-11-35(7)58-41-23-38(24-41)51(8)39-26-49(27-39)29-52(30-49)20-21-57-40-14-16-43-44(25-40)48(56)53(47(43)55)46(31(2)3)17-10-34(6)54/h9,11-16,18-19,22,25,28,38-39,41,46H,2,7,10,17,20-21,23-24,26-27,29-30H2,1,3-6,8H3/b12-11-,36-9+. The maximum Gasteiger partial charge on any atom is 0.262 e. The van der Waals surface area contributed by atoms with E-state index in [1.807, 2.05) is 18.5 Å². The maximum absolute atomic E-state index is 13.3. The van der Waals surface area contributed by atoms with E-state index in [0.29, 0.717) is 58.7 Å². The zero-order valence-corrected chi connectivity index (χ0v) is 35.1. The van der Waals surface area contributed by atoms with Crippen molar-refractivity contribution in [3.05, 3.63) is 125 Å². The quantitative estimate of drug-likeness (QED) is 0.0581. The third kappa shape index (κ3) is 8.52. The molecule has 7 rings (SSSR count). The monoisotopic (exact) mass is 782 g/mol. The van der Waals surface area contributed by atoms with Crippen molar-refractivity contribution in [2.24, 2.45) is 5.41 Å². The third-order valence-electron chi connectivity index (χ3n) is 12.9. The largest absolute Gasteiger partial charge is 0.492 e. The van der Waals surface area contributed by atoms with E-state index in [1.54, 1.807) is 25.1 Å². The summed E-state index contributed by atoms with van der Waals surface area (Å²) in [6.45, 7) is 21.3. The Bertz CT molecular complexity index is 2170. The lowest BCUT2D eigenvalue weighted by molar-refractivity contribution is -0.128. The number of pyridine rings is 1. The highest BCUT2D eigenvalue weighted by Gasteiger charge is 2.54. The molecule has 9 nitrogen and oxygen atoms in total. The molecule has 1 aromatic heterocycles. The van der Waals surface area contributed by atoms with E-state index >= 15 is 0 Å². The summed E-state index contributed by atoms with van der Waals surface area (Å²) in [7, 11) is 2.28. The van der Waals surface area contributed by atoms with Crippen LogP contribution < -0.4 is 4.74 Å². The van der Waals surface area contributed by atoms with Crippen LogP contribution in [0.3, 0.4) is 0 Å². The first-order chi connectivity index (χ1) is 27.8. The van der Waals surface area contributed by atoms with Crippen molar-refractivity contribution in [3.63, 3.8) is 0 Å². The fraction of sp³-hybridized carbons (Fsp3) is 0.429. The number of fused-ring (bicyclic) bond motifs is 1. The van der Waals surface area contributed by atoms with E-state index in [1.165, 1.54) is 52.5 Å². The van der Waals surface area contributed by atoms with Gasteiger partial charge in [-0.25, -0.2) is 0 Å². The van der Waals surface area contributed by atoms with Crippen molar-refractivity contribution in [1.82, 2.24) is 19.7 Å². The molecule has 1 unspecified atom stereocenters. The first-order valence-electron chi connectivity index (χ1n) is 20.7. The second kappa shape index (κ2) is 17.0. The van der Waals surface area contributed by atoms with Gasteiger partial charge in [0.05, 0.1) is 17.2 Å². The summed E-state index contributed by atoms with van der Waals surface area (Å²) < 4.78 is 12.3. The van der Waals surface area contributed by atoms with Gasteiger partial charge in [-0.2, -0.15) is 0 Å². The number of aromatic nitrogens is 1. The molecule has 9 heteroatoms. The summed E-state index contributed by atoms with van der Waals surface area (Å²) in [5, 5.41) is 0. The molecule has 304 valence electrons. The average molecular weight is 783 g/mol. The number of hydrogen-bond acceptors (Lipinski definition) is 8. The molecule has 2 aliphatic carbocycles. The number of aryl methyl sites for hydroxylation is 2. The Labute approximate surface area is 344 Å². The smallest absolute Gasteiger partial charge is 0.262 e. The van der Waals surface area contributed by atoms with Crippen LogP contribution in [-0.4, -0.2) is 94.8 Å². The number of ether oxygens (including phenoxy) is 2. The molecule has 1 saturated heterocycles. The van der Waals surface area contributed by atoms with E-state index in [4.69, 9.17) is 9.47 Å². The van der Waals surface area contributed by atoms with Gasteiger partial charge in [0.15, 0.2) is 0 Å². The summed E-state index contributed by atoms with van der Waals surface area (Å²) >= 11 is 0. The Morgan fingerprint density at radius 3 is 2.34 bits per heavy atom. The molecule has 3 aromatic rings. The van der Waals surface area contributed by atoms with E-state index in [0.717, 1.165) is 38.0 Å². The van der Waals surface area contributed by atoms with Gasteiger partial charge in [-0.3, -0.25) is 24.4 Å². The Kier molecular flexibility index (Phi) is 12.0. The summed E-state index contributed by atoms with van der Waals surface area (Å²) in [5.41, 5.74) is 8.92. The minimum atomic E-state index is -0.509. The minimum absolute atomic E-state index is 0.0158. The maximum atomic E-state index is 13.3. The highest BCUT2D eigenvalue weighted by atomic mass is 16.5. The fourth-order valence-corrected chi connectivity index (χ4v) is 9.34. The van der Waals surface area contributed by atoms with Crippen LogP contribution in [0, 0.1) is 19.3 Å². The normalized spacial score (nSPS) is 20.8. The zero-order chi connectivity index (χ0) is 41.3. The second-order valence-corrected chi connectivity index (χ2v) is 17.2. The number of imide groups is 1. The molecule has 0 N–H and O–H groups in total. The fourth-order valence-electron chi connectivity index (χ4n) is 9.34. The van der Waals surface area contributed by atoms with Crippen LogP contribution in [0.25, 0.3) is 16.7 Å². The predicted octanol–water partition coefficient (Wildman–Crippen LogP) is 8.77. The van der Waals surface area contributed by atoms with Crippen LogP contribution in [0.4, 0.5) is 0 Å². The lowest BCUT2D eigenvalue weighted by Crippen LogP contribution is -2.68. The van der Waals surface area contributed by atoms with Gasteiger partial charge in [-0.1, -0.05) is 49.1 Å². The van der Waals surface area contributed by atoms with Gasteiger partial charge in [-0.05, 0) is 125 Å². The highest BCUT2D eigenvalue weighted by Crippen LogP contribution is 2.51. The van der Waals surface area contributed by atoms with Gasteiger partial charge in [0, 0.05) is 68.9 Å². The number of ketones is 1. The molecule has 3 fully saturated rings. The molecule has 1 spiro atoms. The molecule has 2 saturated carbocycles. The molecular weight excluding hydrogens is 725 g/mol. The minimum Gasteiger partial charge on any atom is -0.492 e. The van der Waals surface area contributed by atoms with Gasteiger partial charge >= 0.3 is 0 Å². The second-order valence-electron chi connectivity index (χ2n) is 17.2. The van der Waals surface area contributed by atoms with Gasteiger partial charge in [0.25, 0.3) is 11.8 Å². The van der Waals surface area contributed by atoms with Crippen molar-refractivity contribution in [2.45, 2.75) is 97.4 Å². The van der Waals surface area contributed by atoms with Gasteiger partial charge in [0.2, 0.25) is 0 Å². The Hall–Kier alpha value is -5.12. The zero-order valence-electron chi connectivity index (χ0n) is 35.1. The molecule has 2 aromatic carbocycles. The molecule has 2 amide bonds. The van der Waals surface area contributed by atoms with Gasteiger partial charge in [-0.15, -0.1) is 0 Å². The SMILES string of the molecule is C=C(/C=C\C(=C/C)c1ccc(-c2cnccc2C)c(C)c1)OC1CC(N(C)C2CC3(C2)CN(CCOc2ccc4c(c2)C(=O)N(C(CCC(C)=O)C(=C)C)C4=O)C3)C1. The highest BCUT2D eigenvalue weighted by molar-refractivity contribution is 6.22. The Balaban J connectivity index is 0.801. The van der Waals surface area contributed by atoms with Crippen molar-refractivity contribution in [3.8, 4) is 16.9 Å². The van der Waals surface area contributed by atoms with E-state index < -0.39 is 6.04 Å². The average Bonchev–Trinajstić information content (AvgIpc) is 3.38. The molecule has 4 aliphatic rings. The van der Waals surface area contributed by atoms with Crippen LogP contribution in [0.15, 0.2) is 97.6 Å². The van der Waals surface area contributed by atoms with E-state index in [-0.39, 0.29) is 30.1 Å². The number of carbonyl (C=O) groups excluding carboxylic acids is 3. The number of nitrogens with zero attached hydrogens (tertiary/aromatic N) is 4. The van der Waals surface area contributed by atoms with Crippen molar-refractivity contribution >= 4 is 23.2 Å². The van der Waals surface area contributed by atoms with E-state index in [2.05, 4.69) is 92.2 Å². The molecule has 3 heterocycles. The Morgan fingerprint density at radius 2 is 1.67 bits per heavy atom. The molecule has 1 atom stereocenters. The third-order valence-corrected chi connectivity index (χ3v) is 12.9. The van der Waals surface area contributed by atoms with Crippen molar-refractivity contribution in [1.29, 1.82) is 0 Å². The first-order valence-corrected chi connectivity index (χ1v) is 20.7. The lowest BCUT2D eigenvalue weighted by atomic mass is 9.60. The first kappa shape index (κ1) is 41.1. The number of likely N-dealkylation sites (tertiary alicyclic amines) is 1. The van der Waals surface area contributed by atoms with Crippen LogP contribution in [-0.2, 0) is 9.53 Å². The molecular formula is C49H58N4O5. The molecule has 58 heavy (non-hydrogen) atoms. The number of amides is 2. The number of rotatable bonds is 17. The van der Waals surface area contributed by atoms with Crippen LogP contribution in [0.5, 0.6) is 5.75 Å². The number of benzene rings is 2. The van der Waals surface area contributed by atoms with Crippen LogP contribution in [0.2, 0.25) is 0 Å². The summed E-state index contributed by atoms with van der Waals surface area (Å²) in [5.74, 6) is 0.594. The van der Waals surface area contributed by atoms with Crippen LogP contribution in [0.1, 0.15) is 96.7 Å². The lowest BCUT2D eigenvalue weighted by Gasteiger charge is -2.62. The number of hydrogen-bond donors (Lipinski definition) is 0. The van der Waals surface area contributed by atoms with Crippen molar-refractivity contribution in [2.75, 3.05) is 33.3 Å². The summed E-state index contributed by atoms with van der Waals surface area (Å²) in [4.78, 5) is 48.7. The van der Waals surface area contributed by atoms with Crippen LogP contribution >= 0.6 is 0 Å². The van der Waals surface area contributed by atoms with Crippen molar-refractivity contribution < 1.29 is 23.9 Å². The number of Topliss-reactive ketones (excluding diaryl/α,β-unsaturated/α-hetero) is 1. The molecule has 0 radical (unpaired) electrons. The molecule has 0 bridgehead atoms. The number of allylic oxidation sites excluding steroid dienone is 4. The molecule has 2 aliphatic heterocycles. The predicted molar refractivity (Wildman–Crippen MR) is 230 cm³/mol. The van der Waals surface area contributed by atoms with Gasteiger partial charge < -0.3 is 19.2 Å². The summed E-state index contributed by atoms with van der Waals surface area (Å²) in [6, 6.07) is 14.4.